The molecule has 0 spiro atoms. The van der Waals surface area contributed by atoms with Gasteiger partial charge in [-0.1, -0.05) is 30.7 Å². The van der Waals surface area contributed by atoms with Crippen LogP contribution in [-0.4, -0.2) is 34.0 Å². The number of nitrogens with zero attached hydrogens (tertiary/aromatic N) is 4. The standard InChI is InChI=1S/C33H34FN5O2S/c34-28-11-9-25(10-12-28)23-41-24-32(40)37-17-3-1-2-8-33-38-30-14-13-29(18-31(30)42-33)39(21-26-6-4-15-35-19-26)22-27-7-5-16-36-20-27/h4-7,9-16,18-20H,1-3,8,17,21-24H2,(H,37,40). The van der Waals surface area contributed by atoms with E-state index in [-0.39, 0.29) is 24.9 Å². The SMILES string of the molecule is O=C(COCc1ccc(F)cc1)NCCCCCc1nc2ccc(N(Cc3cccnc3)Cc3cccnc3)cc2s1. The first-order valence-electron chi connectivity index (χ1n) is 14.1. The van der Waals surface area contributed by atoms with Gasteiger partial charge in [0.15, 0.2) is 0 Å². The van der Waals surface area contributed by atoms with Crippen molar-refractivity contribution in [3.05, 3.63) is 119 Å². The minimum atomic E-state index is -0.287. The number of thiazole rings is 1. The van der Waals surface area contributed by atoms with Crippen LogP contribution in [0.4, 0.5) is 10.1 Å². The maximum atomic E-state index is 13.0. The Morgan fingerprint density at radius 2 is 1.62 bits per heavy atom. The van der Waals surface area contributed by atoms with Crippen LogP contribution in [0.15, 0.2) is 91.5 Å². The molecule has 3 aromatic heterocycles. The van der Waals surface area contributed by atoms with E-state index in [2.05, 4.69) is 50.5 Å². The van der Waals surface area contributed by atoms with E-state index in [1.165, 1.54) is 16.8 Å². The van der Waals surface area contributed by atoms with E-state index < -0.39 is 0 Å². The van der Waals surface area contributed by atoms with E-state index >= 15 is 0 Å². The summed E-state index contributed by atoms with van der Waals surface area (Å²) in [6, 6.07) is 20.7. The number of rotatable bonds is 15. The average molecular weight is 584 g/mol. The number of halogens is 1. The first kappa shape index (κ1) is 29.3. The molecule has 0 aliphatic heterocycles. The monoisotopic (exact) mass is 583 g/mol. The number of carbonyl (C=O) groups is 1. The highest BCUT2D eigenvalue weighted by Crippen LogP contribution is 2.29. The second-order valence-electron chi connectivity index (χ2n) is 10.1. The largest absolute Gasteiger partial charge is 0.367 e. The lowest BCUT2D eigenvalue weighted by atomic mass is 10.2. The molecule has 0 unspecified atom stereocenters. The number of aryl methyl sites for hydroxylation is 1. The number of hydrogen-bond donors (Lipinski definition) is 1. The van der Waals surface area contributed by atoms with Gasteiger partial charge in [0.1, 0.15) is 12.4 Å². The molecule has 0 saturated heterocycles. The molecule has 0 aliphatic rings. The van der Waals surface area contributed by atoms with Gasteiger partial charge in [-0.05, 0) is 78.4 Å². The molecular formula is C33H34FN5O2S. The summed E-state index contributed by atoms with van der Waals surface area (Å²) in [4.78, 5) is 27.8. The third-order valence-electron chi connectivity index (χ3n) is 6.78. The molecule has 0 bridgehead atoms. The zero-order valence-electron chi connectivity index (χ0n) is 23.4. The zero-order chi connectivity index (χ0) is 29.0. The number of carbonyl (C=O) groups excluding carboxylic acids is 1. The van der Waals surface area contributed by atoms with Crippen molar-refractivity contribution >= 4 is 33.1 Å². The Morgan fingerprint density at radius 3 is 2.31 bits per heavy atom. The molecule has 216 valence electrons. The van der Waals surface area contributed by atoms with Crippen molar-refractivity contribution in [3.63, 3.8) is 0 Å². The van der Waals surface area contributed by atoms with E-state index in [1.54, 1.807) is 35.9 Å². The van der Waals surface area contributed by atoms with Gasteiger partial charge in [-0.25, -0.2) is 9.37 Å². The summed E-state index contributed by atoms with van der Waals surface area (Å²) in [6.07, 6.45) is 11.2. The minimum absolute atomic E-state index is 0.00697. The molecule has 3 heterocycles. The van der Waals surface area contributed by atoms with Gasteiger partial charge in [0.25, 0.3) is 0 Å². The molecule has 0 fully saturated rings. The molecule has 0 atom stereocenters. The molecule has 5 aromatic rings. The lowest BCUT2D eigenvalue weighted by Gasteiger charge is -2.25. The van der Waals surface area contributed by atoms with Crippen LogP contribution in [0.3, 0.4) is 0 Å². The molecule has 9 heteroatoms. The molecular weight excluding hydrogens is 549 g/mol. The van der Waals surface area contributed by atoms with Crippen LogP contribution in [0.1, 0.15) is 41.0 Å². The summed E-state index contributed by atoms with van der Waals surface area (Å²) in [5, 5.41) is 4.03. The number of pyridine rings is 2. The topological polar surface area (TPSA) is 80.2 Å². The fourth-order valence-corrected chi connectivity index (χ4v) is 5.67. The fraction of sp³-hybridized carbons (Fsp3) is 0.273. The number of amides is 1. The number of nitrogens with one attached hydrogen (secondary N) is 1. The van der Waals surface area contributed by atoms with Gasteiger partial charge >= 0.3 is 0 Å². The Morgan fingerprint density at radius 1 is 0.881 bits per heavy atom. The Kier molecular flexibility index (Phi) is 10.6. The first-order valence-corrected chi connectivity index (χ1v) is 15.0. The summed E-state index contributed by atoms with van der Waals surface area (Å²) in [6.45, 7) is 2.39. The number of aromatic nitrogens is 3. The Bertz CT molecular complexity index is 1510. The van der Waals surface area contributed by atoms with Crippen LogP contribution in [0, 0.1) is 5.82 Å². The van der Waals surface area contributed by atoms with E-state index in [9.17, 15) is 9.18 Å². The summed E-state index contributed by atoms with van der Waals surface area (Å²) in [5.41, 5.74) is 5.31. The van der Waals surface area contributed by atoms with E-state index in [0.717, 1.165) is 71.7 Å². The van der Waals surface area contributed by atoms with Crippen molar-refractivity contribution in [1.29, 1.82) is 0 Å². The number of benzene rings is 2. The molecule has 0 aliphatic carbocycles. The van der Waals surface area contributed by atoms with Gasteiger partial charge < -0.3 is 15.0 Å². The summed E-state index contributed by atoms with van der Waals surface area (Å²) < 4.78 is 19.6. The highest BCUT2D eigenvalue weighted by atomic mass is 32.1. The smallest absolute Gasteiger partial charge is 0.246 e. The fourth-order valence-electron chi connectivity index (χ4n) is 4.63. The summed E-state index contributed by atoms with van der Waals surface area (Å²) in [5.74, 6) is -0.425. The van der Waals surface area contributed by atoms with Crippen molar-refractivity contribution < 1.29 is 13.9 Å². The second kappa shape index (κ2) is 15.1. The number of ether oxygens (including phenoxy) is 1. The molecule has 1 amide bonds. The number of hydrogen-bond acceptors (Lipinski definition) is 7. The van der Waals surface area contributed by atoms with Crippen LogP contribution < -0.4 is 10.2 Å². The number of unbranched alkanes of at least 4 members (excludes halogenated alkanes) is 2. The third-order valence-corrected chi connectivity index (χ3v) is 7.86. The minimum Gasteiger partial charge on any atom is -0.367 e. The first-order chi connectivity index (χ1) is 20.6. The predicted octanol–water partition coefficient (Wildman–Crippen LogP) is 6.48. The van der Waals surface area contributed by atoms with Gasteiger partial charge in [-0.2, -0.15) is 0 Å². The van der Waals surface area contributed by atoms with Crippen LogP contribution in [0.25, 0.3) is 10.2 Å². The maximum Gasteiger partial charge on any atom is 0.246 e. The van der Waals surface area contributed by atoms with E-state index in [0.29, 0.717) is 6.54 Å². The molecule has 2 aromatic carbocycles. The third kappa shape index (κ3) is 8.89. The van der Waals surface area contributed by atoms with E-state index in [1.807, 2.05) is 24.5 Å². The van der Waals surface area contributed by atoms with Gasteiger partial charge in [-0.15, -0.1) is 11.3 Å². The van der Waals surface area contributed by atoms with Gasteiger partial charge in [0, 0.05) is 50.1 Å². The average Bonchev–Trinajstić information content (AvgIpc) is 3.43. The Labute approximate surface area is 249 Å². The molecule has 1 N–H and O–H groups in total. The van der Waals surface area contributed by atoms with Gasteiger partial charge in [0.2, 0.25) is 5.91 Å². The normalized spacial score (nSPS) is 11.1. The highest BCUT2D eigenvalue weighted by molar-refractivity contribution is 7.18. The van der Waals surface area contributed by atoms with Crippen molar-refractivity contribution in [3.8, 4) is 0 Å². The zero-order valence-corrected chi connectivity index (χ0v) is 24.2. The van der Waals surface area contributed by atoms with Crippen molar-refractivity contribution in [2.75, 3.05) is 18.1 Å². The lowest BCUT2D eigenvalue weighted by molar-refractivity contribution is -0.126. The number of fused-ring (bicyclic) bond motifs is 1. The lowest BCUT2D eigenvalue weighted by Crippen LogP contribution is -2.28. The Balaban J connectivity index is 1.07. The van der Waals surface area contributed by atoms with Gasteiger partial charge in [0.05, 0.1) is 21.8 Å². The van der Waals surface area contributed by atoms with Crippen LogP contribution in [0.5, 0.6) is 0 Å². The van der Waals surface area contributed by atoms with Crippen molar-refractivity contribution in [2.45, 2.75) is 45.4 Å². The maximum absolute atomic E-state index is 13.0. The van der Waals surface area contributed by atoms with Crippen LogP contribution in [0.2, 0.25) is 0 Å². The summed E-state index contributed by atoms with van der Waals surface area (Å²) in [7, 11) is 0. The van der Waals surface area contributed by atoms with Crippen molar-refractivity contribution in [1.82, 2.24) is 20.3 Å². The molecule has 0 saturated carbocycles. The predicted molar refractivity (Wildman–Crippen MR) is 165 cm³/mol. The van der Waals surface area contributed by atoms with Crippen LogP contribution >= 0.6 is 11.3 Å². The molecule has 0 radical (unpaired) electrons. The summed E-state index contributed by atoms with van der Waals surface area (Å²) >= 11 is 1.75. The van der Waals surface area contributed by atoms with Gasteiger partial charge in [-0.3, -0.25) is 14.8 Å². The van der Waals surface area contributed by atoms with E-state index in [4.69, 9.17) is 9.72 Å². The molecule has 42 heavy (non-hydrogen) atoms. The number of anilines is 1. The highest BCUT2D eigenvalue weighted by Gasteiger charge is 2.12. The second-order valence-corrected chi connectivity index (χ2v) is 11.2. The molecule has 5 rings (SSSR count). The van der Waals surface area contributed by atoms with Crippen molar-refractivity contribution in [2.24, 2.45) is 0 Å². The molecule has 7 nitrogen and oxygen atoms in total. The van der Waals surface area contributed by atoms with Crippen LogP contribution in [-0.2, 0) is 35.6 Å². The quantitative estimate of drug-likeness (QED) is 0.142. The Hall–Kier alpha value is -4.21.